The van der Waals surface area contributed by atoms with Crippen LogP contribution in [0.5, 0.6) is 0 Å². The highest BCUT2D eigenvalue weighted by atomic mass is 16.3. The molecule has 1 unspecified atom stereocenters. The minimum atomic E-state index is -0.476. The van der Waals surface area contributed by atoms with Gasteiger partial charge < -0.3 is 9.32 Å². The number of aryl methyl sites for hydroxylation is 2. The van der Waals surface area contributed by atoms with Gasteiger partial charge in [-0.3, -0.25) is 9.59 Å². The Hall–Kier alpha value is -3.66. The molecule has 2 heterocycles. The van der Waals surface area contributed by atoms with Gasteiger partial charge in [0.25, 0.3) is 5.91 Å². The molecule has 30 heavy (non-hydrogen) atoms. The van der Waals surface area contributed by atoms with E-state index in [-0.39, 0.29) is 17.1 Å². The Bertz CT molecular complexity index is 1320. The molecule has 4 heteroatoms. The van der Waals surface area contributed by atoms with Crippen LogP contribution in [0.4, 0.5) is 0 Å². The van der Waals surface area contributed by atoms with E-state index in [1.54, 1.807) is 4.90 Å². The number of amides is 1. The maximum atomic E-state index is 13.6. The second-order valence-electron chi connectivity index (χ2n) is 7.84. The third-order valence-corrected chi connectivity index (χ3v) is 5.89. The Balaban J connectivity index is 1.75. The average molecular weight is 395 g/mol. The smallest absolute Gasteiger partial charge is 0.291 e. The molecule has 0 fully saturated rings. The molecule has 0 spiro atoms. The van der Waals surface area contributed by atoms with Crippen molar-refractivity contribution in [2.75, 3.05) is 0 Å². The van der Waals surface area contributed by atoms with Crippen molar-refractivity contribution < 1.29 is 9.21 Å². The number of rotatable bonds is 3. The van der Waals surface area contributed by atoms with E-state index in [1.165, 1.54) is 0 Å². The Morgan fingerprint density at radius 3 is 2.20 bits per heavy atom. The van der Waals surface area contributed by atoms with E-state index < -0.39 is 6.04 Å². The van der Waals surface area contributed by atoms with E-state index in [4.69, 9.17) is 4.42 Å². The predicted molar refractivity (Wildman–Crippen MR) is 117 cm³/mol. The van der Waals surface area contributed by atoms with Crippen LogP contribution in [0.15, 0.2) is 82.0 Å². The van der Waals surface area contributed by atoms with Gasteiger partial charge in [0.05, 0.1) is 17.0 Å². The van der Waals surface area contributed by atoms with E-state index in [1.807, 2.05) is 86.6 Å². The van der Waals surface area contributed by atoms with Crippen molar-refractivity contribution >= 4 is 16.9 Å². The second kappa shape index (κ2) is 6.99. The van der Waals surface area contributed by atoms with Crippen molar-refractivity contribution in [3.8, 4) is 0 Å². The lowest BCUT2D eigenvalue weighted by atomic mass is 9.97. The van der Waals surface area contributed by atoms with Crippen LogP contribution in [0.2, 0.25) is 0 Å². The third-order valence-electron chi connectivity index (χ3n) is 5.89. The molecule has 1 aromatic heterocycles. The highest BCUT2D eigenvalue weighted by Crippen LogP contribution is 2.39. The molecule has 0 radical (unpaired) electrons. The van der Waals surface area contributed by atoms with E-state index in [2.05, 4.69) is 0 Å². The van der Waals surface area contributed by atoms with E-state index in [9.17, 15) is 9.59 Å². The van der Waals surface area contributed by atoms with Gasteiger partial charge in [-0.05, 0) is 48.2 Å². The zero-order valence-electron chi connectivity index (χ0n) is 16.9. The number of fused-ring (bicyclic) bond motifs is 2. The molecule has 1 aliphatic rings. The van der Waals surface area contributed by atoms with Gasteiger partial charge in [0.2, 0.25) is 5.76 Å². The summed E-state index contributed by atoms with van der Waals surface area (Å²) in [4.78, 5) is 28.7. The largest absolute Gasteiger partial charge is 0.450 e. The number of nitrogens with zero attached hydrogens (tertiary/aromatic N) is 1. The zero-order valence-corrected chi connectivity index (χ0v) is 16.9. The number of carbonyl (C=O) groups excluding carboxylic acids is 1. The monoisotopic (exact) mass is 395 g/mol. The molecule has 3 aromatic carbocycles. The van der Waals surface area contributed by atoms with Crippen LogP contribution in [0.3, 0.4) is 0 Å². The molecule has 0 saturated heterocycles. The first-order chi connectivity index (χ1) is 14.5. The summed E-state index contributed by atoms with van der Waals surface area (Å²) in [6.07, 6.45) is 0. The highest BCUT2D eigenvalue weighted by Gasteiger charge is 2.42. The fourth-order valence-corrected chi connectivity index (χ4v) is 4.20. The van der Waals surface area contributed by atoms with Crippen LogP contribution >= 0.6 is 0 Å². The minimum Gasteiger partial charge on any atom is -0.450 e. The molecule has 0 bridgehead atoms. The first-order valence-electron chi connectivity index (χ1n) is 10.0. The predicted octanol–water partition coefficient (Wildman–Crippen LogP) is 5.16. The van der Waals surface area contributed by atoms with Crippen molar-refractivity contribution in [1.29, 1.82) is 0 Å². The standard InChI is InChI=1S/C26H21NO3/c1-16-13-20-21(14-17(16)2)30-25-22(24(20)28)23(19-11-7-4-8-12-19)27(26(25)29)15-18-9-5-3-6-10-18/h3-14,23H,15H2,1-2H3. The summed E-state index contributed by atoms with van der Waals surface area (Å²) in [6, 6.07) is 22.7. The molecule has 4 aromatic rings. The molecule has 4 nitrogen and oxygen atoms in total. The fourth-order valence-electron chi connectivity index (χ4n) is 4.20. The van der Waals surface area contributed by atoms with E-state index in [0.717, 1.165) is 22.3 Å². The molecule has 148 valence electrons. The zero-order chi connectivity index (χ0) is 20.8. The lowest BCUT2D eigenvalue weighted by molar-refractivity contribution is 0.0714. The maximum Gasteiger partial charge on any atom is 0.291 e. The van der Waals surface area contributed by atoms with E-state index >= 15 is 0 Å². The van der Waals surface area contributed by atoms with Crippen molar-refractivity contribution in [3.63, 3.8) is 0 Å². The minimum absolute atomic E-state index is 0.132. The molecular weight excluding hydrogens is 374 g/mol. The summed E-state index contributed by atoms with van der Waals surface area (Å²) < 4.78 is 6.06. The van der Waals surface area contributed by atoms with Gasteiger partial charge in [0.1, 0.15) is 5.58 Å². The van der Waals surface area contributed by atoms with Crippen LogP contribution in [0.1, 0.15) is 44.4 Å². The summed E-state index contributed by atoms with van der Waals surface area (Å²) in [5, 5.41) is 0.521. The number of benzene rings is 3. The average Bonchev–Trinajstić information content (AvgIpc) is 3.03. The molecule has 1 aliphatic heterocycles. The summed E-state index contributed by atoms with van der Waals surface area (Å²) in [7, 11) is 0. The van der Waals surface area contributed by atoms with Gasteiger partial charge in [-0.2, -0.15) is 0 Å². The number of hydrogen-bond acceptors (Lipinski definition) is 3. The van der Waals surface area contributed by atoms with Gasteiger partial charge in [-0.25, -0.2) is 0 Å². The van der Waals surface area contributed by atoms with Crippen molar-refractivity contribution in [2.24, 2.45) is 0 Å². The maximum absolute atomic E-state index is 13.6. The molecule has 0 saturated carbocycles. The summed E-state index contributed by atoms with van der Waals surface area (Å²) in [6.45, 7) is 4.35. The first-order valence-corrected chi connectivity index (χ1v) is 10.0. The third kappa shape index (κ3) is 2.84. The van der Waals surface area contributed by atoms with Crippen molar-refractivity contribution in [1.82, 2.24) is 4.90 Å². The molecule has 5 rings (SSSR count). The van der Waals surface area contributed by atoms with Crippen molar-refractivity contribution in [2.45, 2.75) is 26.4 Å². The van der Waals surface area contributed by atoms with Crippen LogP contribution in [0, 0.1) is 13.8 Å². The van der Waals surface area contributed by atoms with Crippen LogP contribution in [0.25, 0.3) is 11.0 Å². The van der Waals surface area contributed by atoms with Gasteiger partial charge in [0, 0.05) is 6.54 Å². The topological polar surface area (TPSA) is 50.5 Å². The normalized spacial score (nSPS) is 15.6. The van der Waals surface area contributed by atoms with Gasteiger partial charge in [-0.1, -0.05) is 60.7 Å². The Morgan fingerprint density at radius 2 is 1.50 bits per heavy atom. The molecule has 1 amide bonds. The van der Waals surface area contributed by atoms with E-state index in [0.29, 0.717) is 23.1 Å². The lowest BCUT2D eigenvalue weighted by Crippen LogP contribution is -2.29. The summed E-state index contributed by atoms with van der Waals surface area (Å²) in [5.41, 5.74) is 4.71. The summed E-state index contributed by atoms with van der Waals surface area (Å²) in [5.74, 6) is -0.0968. The molecular formula is C26H21NO3. The quantitative estimate of drug-likeness (QED) is 0.482. The fraction of sp³-hybridized carbons (Fsp3) is 0.154. The van der Waals surface area contributed by atoms with Gasteiger partial charge >= 0.3 is 0 Å². The molecule has 0 N–H and O–H groups in total. The summed E-state index contributed by atoms with van der Waals surface area (Å²) >= 11 is 0. The number of hydrogen-bond donors (Lipinski definition) is 0. The van der Waals surface area contributed by atoms with Crippen LogP contribution < -0.4 is 5.43 Å². The number of carbonyl (C=O) groups is 1. The van der Waals surface area contributed by atoms with Gasteiger partial charge in [-0.15, -0.1) is 0 Å². The highest BCUT2D eigenvalue weighted by molar-refractivity contribution is 5.99. The second-order valence-corrected chi connectivity index (χ2v) is 7.84. The van der Waals surface area contributed by atoms with Gasteiger partial charge in [0.15, 0.2) is 5.43 Å². The SMILES string of the molecule is Cc1cc2oc3c(c(=O)c2cc1C)C(c1ccccc1)N(Cc1ccccc1)C3=O. The Kier molecular flexibility index (Phi) is 4.28. The van der Waals surface area contributed by atoms with Crippen LogP contribution in [-0.2, 0) is 6.54 Å². The first kappa shape index (κ1) is 18.4. The molecule has 0 aliphatic carbocycles. The lowest BCUT2D eigenvalue weighted by Gasteiger charge is -2.25. The molecule has 1 atom stereocenters. The Labute approximate surface area is 174 Å². The van der Waals surface area contributed by atoms with Crippen molar-refractivity contribution in [3.05, 3.63) is 117 Å². The van der Waals surface area contributed by atoms with Crippen LogP contribution in [-0.4, -0.2) is 10.8 Å². The Morgan fingerprint density at radius 1 is 0.867 bits per heavy atom.